The average molecular weight is 212 g/mol. The van der Waals surface area contributed by atoms with Crippen LogP contribution in [-0.4, -0.2) is 19.3 Å². The van der Waals surface area contributed by atoms with Crippen LogP contribution < -0.4 is 0 Å². The van der Waals surface area contributed by atoms with E-state index in [1.54, 1.807) is 31.2 Å². The highest BCUT2D eigenvalue weighted by atomic mass is 32.2. The van der Waals surface area contributed by atoms with Crippen molar-refractivity contribution < 1.29 is 13.5 Å². The first-order chi connectivity index (χ1) is 6.43. The van der Waals surface area contributed by atoms with Gasteiger partial charge in [0.2, 0.25) is 0 Å². The molecule has 1 aromatic rings. The smallest absolute Gasteiger partial charge is 0.178 e. The Hall–Kier alpha value is -0.870. The summed E-state index contributed by atoms with van der Waals surface area (Å²) in [4.78, 5) is 0.274. The van der Waals surface area contributed by atoms with Crippen molar-refractivity contribution in [1.29, 1.82) is 0 Å². The Bertz CT molecular complexity index is 460. The van der Waals surface area contributed by atoms with Crippen molar-refractivity contribution in [2.24, 2.45) is 0 Å². The van der Waals surface area contributed by atoms with Gasteiger partial charge in [-0.1, -0.05) is 18.2 Å². The normalized spacial score (nSPS) is 29.6. The van der Waals surface area contributed by atoms with Crippen molar-refractivity contribution in [3.8, 4) is 0 Å². The third-order valence-corrected chi connectivity index (χ3v) is 4.43. The van der Waals surface area contributed by atoms with Crippen LogP contribution in [0.2, 0.25) is 0 Å². The van der Waals surface area contributed by atoms with Gasteiger partial charge in [-0.25, -0.2) is 8.42 Å². The maximum Gasteiger partial charge on any atom is 0.178 e. The van der Waals surface area contributed by atoms with Gasteiger partial charge in [-0.2, -0.15) is 0 Å². The van der Waals surface area contributed by atoms with Crippen molar-refractivity contribution in [3.63, 3.8) is 0 Å². The molecular weight excluding hydrogens is 200 g/mol. The fourth-order valence-corrected chi connectivity index (χ4v) is 3.56. The van der Waals surface area contributed by atoms with Crippen LogP contribution in [0.4, 0.5) is 0 Å². The molecule has 14 heavy (non-hydrogen) atoms. The molecule has 1 unspecified atom stereocenters. The Morgan fingerprint density at radius 2 is 2.00 bits per heavy atom. The molecule has 0 saturated carbocycles. The summed E-state index contributed by atoms with van der Waals surface area (Å²) >= 11 is 0. The molecule has 1 aromatic carbocycles. The van der Waals surface area contributed by atoms with E-state index >= 15 is 0 Å². The molecule has 1 N–H and O–H groups in total. The Morgan fingerprint density at radius 1 is 1.36 bits per heavy atom. The zero-order valence-electron chi connectivity index (χ0n) is 7.90. The fourth-order valence-electron chi connectivity index (χ4n) is 1.76. The van der Waals surface area contributed by atoms with Crippen LogP contribution in [0.15, 0.2) is 29.2 Å². The third kappa shape index (κ3) is 1.35. The Labute approximate surface area is 83.3 Å². The first-order valence-electron chi connectivity index (χ1n) is 4.48. The monoisotopic (exact) mass is 212 g/mol. The van der Waals surface area contributed by atoms with Crippen molar-refractivity contribution in [2.75, 3.05) is 5.75 Å². The summed E-state index contributed by atoms with van der Waals surface area (Å²) in [6, 6.07) is 6.65. The van der Waals surface area contributed by atoms with Crippen LogP contribution in [0.5, 0.6) is 0 Å². The lowest BCUT2D eigenvalue weighted by Gasteiger charge is -2.30. The van der Waals surface area contributed by atoms with E-state index in [2.05, 4.69) is 0 Å². The van der Waals surface area contributed by atoms with E-state index in [-0.39, 0.29) is 17.1 Å². The third-order valence-electron chi connectivity index (χ3n) is 2.66. The highest BCUT2D eigenvalue weighted by Crippen LogP contribution is 2.36. The van der Waals surface area contributed by atoms with Crippen LogP contribution in [0, 0.1) is 0 Å². The number of sulfone groups is 1. The van der Waals surface area contributed by atoms with Crippen LogP contribution in [0.1, 0.15) is 18.9 Å². The zero-order valence-corrected chi connectivity index (χ0v) is 8.71. The van der Waals surface area contributed by atoms with Gasteiger partial charge in [-0.15, -0.1) is 0 Å². The molecule has 0 amide bonds. The van der Waals surface area contributed by atoms with Crippen molar-refractivity contribution in [3.05, 3.63) is 29.8 Å². The minimum Gasteiger partial charge on any atom is -0.385 e. The van der Waals surface area contributed by atoms with Crippen LogP contribution in [-0.2, 0) is 15.4 Å². The Morgan fingerprint density at radius 3 is 2.64 bits per heavy atom. The molecule has 0 spiro atoms. The van der Waals surface area contributed by atoms with Crippen LogP contribution >= 0.6 is 0 Å². The van der Waals surface area contributed by atoms with Gasteiger partial charge in [0, 0.05) is 5.56 Å². The molecule has 1 atom stereocenters. The molecule has 1 heterocycles. The lowest BCUT2D eigenvalue weighted by atomic mass is 9.93. The molecule has 0 bridgehead atoms. The van der Waals surface area contributed by atoms with Crippen molar-refractivity contribution in [1.82, 2.24) is 0 Å². The summed E-state index contributed by atoms with van der Waals surface area (Å²) < 4.78 is 23.3. The number of hydrogen-bond acceptors (Lipinski definition) is 3. The van der Waals surface area contributed by atoms with Gasteiger partial charge >= 0.3 is 0 Å². The number of fused-ring (bicyclic) bond motifs is 1. The highest BCUT2D eigenvalue weighted by Gasteiger charge is 2.36. The lowest BCUT2D eigenvalue weighted by molar-refractivity contribution is 0.0485. The quantitative estimate of drug-likeness (QED) is 0.700. The molecule has 0 aromatic heterocycles. The second-order valence-electron chi connectivity index (χ2n) is 3.84. The van der Waals surface area contributed by atoms with Gasteiger partial charge < -0.3 is 5.11 Å². The van der Waals surface area contributed by atoms with Gasteiger partial charge in [0.15, 0.2) is 9.84 Å². The predicted molar refractivity (Wildman–Crippen MR) is 52.7 cm³/mol. The molecule has 0 fully saturated rings. The molecular formula is C10H12O3S. The maximum absolute atomic E-state index is 11.6. The van der Waals surface area contributed by atoms with E-state index < -0.39 is 15.4 Å². The number of hydrogen-bond donors (Lipinski definition) is 1. The topological polar surface area (TPSA) is 54.4 Å². The number of benzene rings is 1. The lowest BCUT2D eigenvalue weighted by Crippen LogP contribution is -2.32. The fraction of sp³-hybridized carbons (Fsp3) is 0.400. The Balaban J connectivity index is 2.74. The van der Waals surface area contributed by atoms with Crippen LogP contribution in [0.3, 0.4) is 0 Å². The molecule has 1 aliphatic rings. The minimum absolute atomic E-state index is 0.0248. The highest BCUT2D eigenvalue weighted by molar-refractivity contribution is 7.91. The molecule has 2 rings (SSSR count). The summed E-state index contributed by atoms with van der Waals surface area (Å²) in [5.41, 5.74) is -0.492. The molecule has 1 aliphatic heterocycles. The van der Waals surface area contributed by atoms with Crippen molar-refractivity contribution in [2.45, 2.75) is 23.8 Å². The predicted octanol–water partition coefficient (Wildman–Crippen LogP) is 1.07. The van der Waals surface area contributed by atoms with E-state index in [4.69, 9.17) is 0 Å². The largest absolute Gasteiger partial charge is 0.385 e. The van der Waals surface area contributed by atoms with Crippen molar-refractivity contribution >= 4 is 9.84 Å². The van der Waals surface area contributed by atoms with Gasteiger partial charge in [-0.3, -0.25) is 0 Å². The molecule has 0 radical (unpaired) electrons. The van der Waals surface area contributed by atoms with E-state index in [9.17, 15) is 13.5 Å². The summed E-state index contributed by atoms with van der Waals surface area (Å²) in [6.45, 7) is 1.65. The molecule has 4 heteroatoms. The SMILES string of the molecule is CC1(O)CCS(=O)(=O)c2ccccc21. The summed E-state index contributed by atoms with van der Waals surface area (Å²) in [6.07, 6.45) is 0.270. The molecule has 3 nitrogen and oxygen atoms in total. The second-order valence-corrected chi connectivity index (χ2v) is 5.92. The van der Waals surface area contributed by atoms with Gasteiger partial charge in [0.25, 0.3) is 0 Å². The van der Waals surface area contributed by atoms with Gasteiger partial charge in [0.1, 0.15) is 0 Å². The molecule has 76 valence electrons. The number of rotatable bonds is 0. The average Bonchev–Trinajstić information content (AvgIpc) is 2.14. The number of aliphatic hydroxyl groups is 1. The zero-order chi connectivity index (χ0) is 10.4. The first-order valence-corrected chi connectivity index (χ1v) is 6.13. The summed E-state index contributed by atoms with van der Waals surface area (Å²) in [5, 5.41) is 9.99. The summed E-state index contributed by atoms with van der Waals surface area (Å²) in [5.74, 6) is 0.0248. The van der Waals surface area contributed by atoms with E-state index in [0.717, 1.165) is 0 Å². The van der Waals surface area contributed by atoms with E-state index in [0.29, 0.717) is 5.56 Å². The minimum atomic E-state index is -3.17. The second kappa shape index (κ2) is 2.81. The standard InChI is InChI=1S/C10H12O3S/c1-10(11)6-7-14(12,13)9-5-3-2-4-8(9)10/h2-5,11H,6-7H2,1H3. The molecule has 0 saturated heterocycles. The first kappa shape index (κ1) is 9.68. The van der Waals surface area contributed by atoms with Gasteiger partial charge in [-0.05, 0) is 19.4 Å². The van der Waals surface area contributed by atoms with E-state index in [1.807, 2.05) is 0 Å². The maximum atomic E-state index is 11.6. The van der Waals surface area contributed by atoms with Gasteiger partial charge in [0.05, 0.1) is 16.2 Å². The summed E-state index contributed by atoms with van der Waals surface area (Å²) in [7, 11) is -3.17. The Kier molecular flexibility index (Phi) is 1.94. The molecule has 0 aliphatic carbocycles. The van der Waals surface area contributed by atoms with Crippen LogP contribution in [0.25, 0.3) is 0 Å². The van der Waals surface area contributed by atoms with E-state index in [1.165, 1.54) is 0 Å².